The Morgan fingerprint density at radius 3 is 2.67 bits per heavy atom. The highest BCUT2D eigenvalue weighted by Crippen LogP contribution is 2.28. The van der Waals surface area contributed by atoms with Crippen LogP contribution >= 0.6 is 23.6 Å². The molecule has 1 aliphatic heterocycles. The number of anilines is 1. The number of nitrogens with zero attached hydrogens (tertiary/aromatic N) is 1. The van der Waals surface area contributed by atoms with Gasteiger partial charge in [0.25, 0.3) is 0 Å². The van der Waals surface area contributed by atoms with E-state index in [1.807, 2.05) is 26.8 Å². The number of hydrogen-bond acceptors (Lipinski definition) is 5. The molecule has 0 saturated carbocycles. The third-order valence-electron chi connectivity index (χ3n) is 3.19. The summed E-state index contributed by atoms with van der Waals surface area (Å²) in [5, 5.41) is 4.52. The lowest BCUT2D eigenvalue weighted by atomic mass is 10.2. The van der Waals surface area contributed by atoms with Crippen LogP contribution in [0.3, 0.4) is 0 Å². The highest BCUT2D eigenvalue weighted by Gasteiger charge is 2.25. The Kier molecular flexibility index (Phi) is 5.18. The Morgan fingerprint density at radius 2 is 2.10 bits per heavy atom. The maximum absolute atomic E-state index is 11.8. The quantitative estimate of drug-likeness (QED) is 0.665. The molecule has 7 heteroatoms. The fraction of sp³-hybridized carbons (Fsp3) is 0.571. The zero-order valence-electron chi connectivity index (χ0n) is 12.6. The summed E-state index contributed by atoms with van der Waals surface area (Å²) >= 11 is 6.96. The van der Waals surface area contributed by atoms with Crippen LogP contribution in [0.1, 0.15) is 29.1 Å². The predicted octanol–water partition coefficient (Wildman–Crippen LogP) is 2.65. The largest absolute Gasteiger partial charge is 0.465 e. The molecule has 0 aliphatic carbocycles. The Bertz CT molecular complexity index is 534. The van der Waals surface area contributed by atoms with E-state index < -0.39 is 0 Å². The van der Waals surface area contributed by atoms with E-state index in [1.165, 1.54) is 18.4 Å². The molecule has 1 aliphatic rings. The number of carbonyl (C=O) groups is 1. The van der Waals surface area contributed by atoms with Gasteiger partial charge >= 0.3 is 5.97 Å². The number of carbonyl (C=O) groups excluding carboxylic acids is 1. The van der Waals surface area contributed by atoms with Gasteiger partial charge in [-0.1, -0.05) is 0 Å². The summed E-state index contributed by atoms with van der Waals surface area (Å²) in [6.07, 6.45) is 0.275. The SMILES string of the molecule is COC(=O)c1cc(C)sc1NC(=S)N1C[C@@H](C)O[C@@H](C)C1. The van der Waals surface area contributed by atoms with Gasteiger partial charge in [0.15, 0.2) is 5.11 Å². The Morgan fingerprint density at radius 1 is 1.48 bits per heavy atom. The summed E-state index contributed by atoms with van der Waals surface area (Å²) in [6, 6.07) is 1.81. The molecule has 0 unspecified atom stereocenters. The Balaban J connectivity index is 2.11. The van der Waals surface area contributed by atoms with Crippen LogP contribution in [0, 0.1) is 6.92 Å². The normalized spacial score (nSPS) is 22.0. The number of hydrogen-bond donors (Lipinski definition) is 1. The highest BCUT2D eigenvalue weighted by atomic mass is 32.1. The standard InChI is InChI=1S/C14H20N2O3S2/c1-8-6-16(7-9(2)19-8)14(20)15-12-11(13(17)18-4)5-10(3)21-12/h5,8-9H,6-7H2,1-4H3,(H,15,20)/t8-,9+. The molecule has 2 atom stereocenters. The van der Waals surface area contributed by atoms with Crippen molar-refractivity contribution in [1.82, 2.24) is 4.90 Å². The van der Waals surface area contributed by atoms with E-state index in [9.17, 15) is 4.79 Å². The number of methoxy groups -OCH3 is 1. The first kappa shape index (κ1) is 16.2. The number of nitrogens with one attached hydrogen (secondary N) is 1. The third-order valence-corrected chi connectivity index (χ3v) is 4.51. The van der Waals surface area contributed by atoms with Gasteiger partial charge in [-0.25, -0.2) is 4.79 Å². The van der Waals surface area contributed by atoms with Gasteiger partial charge in [-0.15, -0.1) is 11.3 Å². The van der Waals surface area contributed by atoms with Crippen LogP contribution < -0.4 is 5.32 Å². The fourth-order valence-electron chi connectivity index (χ4n) is 2.39. The minimum absolute atomic E-state index is 0.138. The van der Waals surface area contributed by atoms with Gasteiger partial charge in [0.05, 0.1) is 24.9 Å². The van der Waals surface area contributed by atoms with Crippen molar-refractivity contribution in [2.24, 2.45) is 0 Å². The molecule has 2 heterocycles. The smallest absolute Gasteiger partial charge is 0.340 e. The lowest BCUT2D eigenvalue weighted by molar-refractivity contribution is -0.0473. The minimum atomic E-state index is -0.353. The summed E-state index contributed by atoms with van der Waals surface area (Å²) in [5.41, 5.74) is 0.525. The van der Waals surface area contributed by atoms with Gasteiger partial charge in [0, 0.05) is 18.0 Å². The van der Waals surface area contributed by atoms with Gasteiger partial charge in [0.2, 0.25) is 0 Å². The third kappa shape index (κ3) is 3.93. The molecular weight excluding hydrogens is 308 g/mol. The first-order valence-electron chi connectivity index (χ1n) is 6.80. The first-order chi connectivity index (χ1) is 9.90. The lowest BCUT2D eigenvalue weighted by Crippen LogP contribution is -2.49. The molecule has 0 radical (unpaired) electrons. The number of thiophene rings is 1. The highest BCUT2D eigenvalue weighted by molar-refractivity contribution is 7.80. The average Bonchev–Trinajstić information content (AvgIpc) is 2.77. The topological polar surface area (TPSA) is 50.8 Å². The van der Waals surface area contributed by atoms with Gasteiger partial charge < -0.3 is 19.7 Å². The second-order valence-corrected chi connectivity index (χ2v) is 6.83. The van der Waals surface area contributed by atoms with E-state index in [0.717, 1.165) is 23.0 Å². The molecule has 1 fully saturated rings. The van der Waals surface area contributed by atoms with Crippen molar-refractivity contribution in [3.8, 4) is 0 Å². The molecule has 1 N–H and O–H groups in total. The molecular formula is C14H20N2O3S2. The van der Waals surface area contributed by atoms with E-state index in [2.05, 4.69) is 10.2 Å². The minimum Gasteiger partial charge on any atom is -0.465 e. The van der Waals surface area contributed by atoms with Crippen molar-refractivity contribution in [2.75, 3.05) is 25.5 Å². The van der Waals surface area contributed by atoms with Crippen LogP contribution in [0.2, 0.25) is 0 Å². The number of morpholine rings is 1. The summed E-state index contributed by atoms with van der Waals surface area (Å²) in [7, 11) is 1.38. The molecule has 0 bridgehead atoms. The number of rotatable bonds is 2. The van der Waals surface area contributed by atoms with Gasteiger partial charge in [-0.3, -0.25) is 0 Å². The van der Waals surface area contributed by atoms with Gasteiger partial charge in [-0.2, -0.15) is 0 Å². The maximum atomic E-state index is 11.8. The zero-order valence-corrected chi connectivity index (χ0v) is 14.3. The van der Waals surface area contributed by atoms with E-state index in [4.69, 9.17) is 21.7 Å². The van der Waals surface area contributed by atoms with Crippen LogP contribution in [0.25, 0.3) is 0 Å². The number of aryl methyl sites for hydroxylation is 1. The Hall–Kier alpha value is -1.18. The number of esters is 1. The Labute approximate surface area is 134 Å². The second kappa shape index (κ2) is 6.72. The van der Waals surface area contributed by atoms with Crippen LogP contribution in [0.5, 0.6) is 0 Å². The van der Waals surface area contributed by atoms with Crippen molar-refractivity contribution in [3.05, 3.63) is 16.5 Å². The van der Waals surface area contributed by atoms with Crippen molar-refractivity contribution >= 4 is 39.6 Å². The van der Waals surface area contributed by atoms with Crippen LogP contribution in [-0.2, 0) is 9.47 Å². The van der Waals surface area contributed by atoms with Crippen molar-refractivity contribution < 1.29 is 14.3 Å². The molecule has 116 valence electrons. The molecule has 1 aromatic heterocycles. The van der Waals surface area contributed by atoms with E-state index >= 15 is 0 Å². The van der Waals surface area contributed by atoms with Crippen LogP contribution in [-0.4, -0.2) is 48.4 Å². The van der Waals surface area contributed by atoms with Gasteiger partial charge in [-0.05, 0) is 39.1 Å². The van der Waals surface area contributed by atoms with E-state index in [1.54, 1.807) is 0 Å². The molecule has 0 aromatic carbocycles. The first-order valence-corrected chi connectivity index (χ1v) is 8.03. The van der Waals surface area contributed by atoms with E-state index in [-0.39, 0.29) is 18.2 Å². The summed E-state index contributed by atoms with van der Waals surface area (Å²) in [5.74, 6) is -0.353. The summed E-state index contributed by atoms with van der Waals surface area (Å²) in [4.78, 5) is 14.9. The molecule has 0 spiro atoms. The lowest BCUT2D eigenvalue weighted by Gasteiger charge is -2.36. The molecule has 1 saturated heterocycles. The zero-order chi connectivity index (χ0) is 15.6. The van der Waals surface area contributed by atoms with Crippen molar-refractivity contribution in [2.45, 2.75) is 33.0 Å². The van der Waals surface area contributed by atoms with E-state index in [0.29, 0.717) is 10.7 Å². The second-order valence-electron chi connectivity index (χ2n) is 5.18. The number of thiocarbonyl (C=S) groups is 1. The van der Waals surface area contributed by atoms with Crippen molar-refractivity contribution in [1.29, 1.82) is 0 Å². The predicted molar refractivity (Wildman–Crippen MR) is 88.2 cm³/mol. The maximum Gasteiger partial charge on any atom is 0.340 e. The van der Waals surface area contributed by atoms with Gasteiger partial charge in [0.1, 0.15) is 5.00 Å². The monoisotopic (exact) mass is 328 g/mol. The molecule has 21 heavy (non-hydrogen) atoms. The van der Waals surface area contributed by atoms with Crippen molar-refractivity contribution in [3.63, 3.8) is 0 Å². The average molecular weight is 328 g/mol. The van der Waals surface area contributed by atoms with Crippen LogP contribution in [0.15, 0.2) is 6.07 Å². The molecule has 1 aromatic rings. The number of ether oxygens (including phenoxy) is 2. The molecule has 2 rings (SSSR count). The fourth-order valence-corrected chi connectivity index (χ4v) is 3.60. The van der Waals surface area contributed by atoms with Crippen LogP contribution in [0.4, 0.5) is 5.00 Å². The molecule has 5 nitrogen and oxygen atoms in total. The summed E-state index contributed by atoms with van der Waals surface area (Å²) in [6.45, 7) is 7.49. The molecule has 0 amide bonds. The summed E-state index contributed by atoms with van der Waals surface area (Å²) < 4.78 is 10.5.